The molecular formula is C18H35IN6O2. The van der Waals surface area contributed by atoms with Gasteiger partial charge in [0.15, 0.2) is 5.96 Å². The molecule has 1 rings (SSSR count). The van der Waals surface area contributed by atoms with E-state index in [1.165, 1.54) is 37.5 Å². The van der Waals surface area contributed by atoms with Crippen molar-refractivity contribution in [3.05, 3.63) is 11.9 Å². The molecule has 0 aliphatic carbocycles. The molecular weight excluding hydrogens is 459 g/mol. The van der Waals surface area contributed by atoms with Crippen LogP contribution in [0.2, 0.25) is 0 Å². The fourth-order valence-electron chi connectivity index (χ4n) is 2.45. The van der Waals surface area contributed by atoms with Crippen LogP contribution in [0.4, 0.5) is 0 Å². The molecule has 0 aliphatic rings. The molecule has 0 saturated carbocycles. The van der Waals surface area contributed by atoms with Gasteiger partial charge in [-0.25, -0.2) is 9.67 Å². The minimum absolute atomic E-state index is 0. The Morgan fingerprint density at radius 3 is 2.67 bits per heavy atom. The Kier molecular flexibility index (Phi) is 13.0. The van der Waals surface area contributed by atoms with Crippen molar-refractivity contribution in [1.82, 2.24) is 25.6 Å². The molecule has 0 fully saturated rings. The fourth-order valence-corrected chi connectivity index (χ4v) is 2.45. The van der Waals surface area contributed by atoms with Gasteiger partial charge in [-0.1, -0.05) is 45.2 Å². The van der Waals surface area contributed by atoms with Crippen molar-refractivity contribution in [3.8, 4) is 0 Å². The second-order valence-electron chi connectivity index (χ2n) is 7.15. The Morgan fingerprint density at radius 1 is 1.30 bits per heavy atom. The van der Waals surface area contributed by atoms with Crippen LogP contribution in [-0.4, -0.2) is 47.1 Å². The van der Waals surface area contributed by atoms with Gasteiger partial charge in [0.05, 0.1) is 19.9 Å². The average molecular weight is 494 g/mol. The number of halogens is 1. The van der Waals surface area contributed by atoms with Crippen LogP contribution >= 0.6 is 24.0 Å². The molecule has 0 spiro atoms. The first-order valence-corrected chi connectivity index (χ1v) is 9.38. The maximum Gasteiger partial charge on any atom is 0.327 e. The van der Waals surface area contributed by atoms with Crippen molar-refractivity contribution in [3.63, 3.8) is 0 Å². The van der Waals surface area contributed by atoms with Gasteiger partial charge in [0.1, 0.15) is 12.2 Å². The first-order valence-electron chi connectivity index (χ1n) is 9.38. The summed E-state index contributed by atoms with van der Waals surface area (Å²) in [5, 5.41) is 14.6. The Morgan fingerprint density at radius 2 is 2.04 bits per heavy atom. The van der Waals surface area contributed by atoms with E-state index in [9.17, 15) is 4.79 Å². The number of ether oxygens (including phenoxy) is 1. The molecule has 1 aromatic rings. The van der Waals surface area contributed by atoms with Gasteiger partial charge in [-0.3, -0.25) is 4.79 Å². The number of esters is 1. The summed E-state index contributed by atoms with van der Waals surface area (Å²) < 4.78 is 6.07. The van der Waals surface area contributed by atoms with E-state index in [0.717, 1.165) is 19.0 Å². The molecule has 9 heteroatoms. The van der Waals surface area contributed by atoms with E-state index in [1.807, 2.05) is 6.92 Å². The van der Waals surface area contributed by atoms with Crippen LogP contribution in [0.25, 0.3) is 0 Å². The highest BCUT2D eigenvalue weighted by atomic mass is 127. The highest BCUT2D eigenvalue weighted by Gasteiger charge is 2.17. The van der Waals surface area contributed by atoms with Gasteiger partial charge >= 0.3 is 5.97 Å². The molecule has 0 amide bonds. The van der Waals surface area contributed by atoms with Crippen molar-refractivity contribution in [2.75, 3.05) is 20.2 Å². The summed E-state index contributed by atoms with van der Waals surface area (Å²) >= 11 is 0. The van der Waals surface area contributed by atoms with E-state index in [0.29, 0.717) is 12.2 Å². The third-order valence-corrected chi connectivity index (χ3v) is 4.04. The first kappa shape index (κ1) is 25.6. The molecule has 156 valence electrons. The SMILES string of the molecule is CCCCCC(C)(C)CNC(=NCc1cn(CC(=O)OC)nn1)NCC.I. The first-order chi connectivity index (χ1) is 12.4. The lowest BCUT2D eigenvalue weighted by Crippen LogP contribution is -2.42. The van der Waals surface area contributed by atoms with Gasteiger partial charge in [0, 0.05) is 13.1 Å². The van der Waals surface area contributed by atoms with E-state index in [-0.39, 0.29) is 41.9 Å². The second kappa shape index (κ2) is 13.7. The van der Waals surface area contributed by atoms with E-state index in [1.54, 1.807) is 6.20 Å². The van der Waals surface area contributed by atoms with Crippen molar-refractivity contribution in [2.45, 2.75) is 66.5 Å². The molecule has 0 unspecified atom stereocenters. The lowest BCUT2D eigenvalue weighted by atomic mass is 9.87. The molecule has 0 aromatic carbocycles. The van der Waals surface area contributed by atoms with Crippen LogP contribution in [0.1, 0.15) is 59.1 Å². The second-order valence-corrected chi connectivity index (χ2v) is 7.15. The number of carbonyl (C=O) groups excluding carboxylic acids is 1. The van der Waals surface area contributed by atoms with E-state index in [2.05, 4.69) is 51.4 Å². The van der Waals surface area contributed by atoms with Gasteiger partial charge in [-0.2, -0.15) is 0 Å². The standard InChI is InChI=1S/C18H34N6O2.HI/c1-6-8-9-10-18(3,4)14-21-17(19-7-2)20-11-15-12-24(23-22-15)13-16(25)26-5;/h12H,6-11,13-14H2,1-5H3,(H2,19,20,21);1H. The number of nitrogens with one attached hydrogen (secondary N) is 2. The quantitative estimate of drug-likeness (QED) is 0.162. The molecule has 8 nitrogen and oxygen atoms in total. The molecule has 0 saturated heterocycles. The maximum absolute atomic E-state index is 11.3. The Labute approximate surface area is 179 Å². The summed E-state index contributed by atoms with van der Waals surface area (Å²) in [7, 11) is 1.35. The molecule has 2 N–H and O–H groups in total. The molecule has 0 radical (unpaired) electrons. The minimum Gasteiger partial charge on any atom is -0.468 e. The van der Waals surface area contributed by atoms with Gasteiger partial charge in [-0.05, 0) is 18.8 Å². The molecule has 1 heterocycles. The summed E-state index contributed by atoms with van der Waals surface area (Å²) in [6.45, 7) is 10.9. The normalized spacial score (nSPS) is 11.7. The predicted octanol–water partition coefficient (Wildman–Crippen LogP) is 2.73. The van der Waals surface area contributed by atoms with Gasteiger partial charge in [0.25, 0.3) is 0 Å². The summed E-state index contributed by atoms with van der Waals surface area (Å²) in [5.41, 5.74) is 0.919. The number of carbonyl (C=O) groups is 1. The van der Waals surface area contributed by atoms with Crippen molar-refractivity contribution in [1.29, 1.82) is 0 Å². The predicted molar refractivity (Wildman–Crippen MR) is 118 cm³/mol. The van der Waals surface area contributed by atoms with Crippen LogP contribution in [0, 0.1) is 5.41 Å². The summed E-state index contributed by atoms with van der Waals surface area (Å²) in [4.78, 5) is 15.8. The number of guanidine groups is 1. The topological polar surface area (TPSA) is 93.4 Å². The highest BCUT2D eigenvalue weighted by molar-refractivity contribution is 14.0. The Balaban J connectivity index is 0.00000676. The largest absolute Gasteiger partial charge is 0.468 e. The lowest BCUT2D eigenvalue weighted by molar-refractivity contribution is -0.141. The Bertz CT molecular complexity index is 574. The zero-order valence-corrected chi connectivity index (χ0v) is 19.6. The van der Waals surface area contributed by atoms with Crippen LogP contribution < -0.4 is 10.6 Å². The van der Waals surface area contributed by atoms with Crippen LogP contribution in [0.3, 0.4) is 0 Å². The monoisotopic (exact) mass is 494 g/mol. The smallest absolute Gasteiger partial charge is 0.327 e. The number of nitrogens with zero attached hydrogens (tertiary/aromatic N) is 4. The molecule has 1 aromatic heterocycles. The zero-order chi connectivity index (χ0) is 19.4. The van der Waals surface area contributed by atoms with E-state index >= 15 is 0 Å². The maximum atomic E-state index is 11.3. The average Bonchev–Trinajstić information content (AvgIpc) is 3.04. The number of unbranched alkanes of at least 4 members (excludes halogenated alkanes) is 2. The fraction of sp³-hybridized carbons (Fsp3) is 0.778. The third-order valence-electron chi connectivity index (χ3n) is 4.04. The van der Waals surface area contributed by atoms with Crippen LogP contribution in [0.5, 0.6) is 0 Å². The minimum atomic E-state index is -0.356. The number of rotatable bonds is 11. The van der Waals surface area contributed by atoms with Gasteiger partial charge in [0.2, 0.25) is 0 Å². The van der Waals surface area contributed by atoms with Crippen LogP contribution in [0.15, 0.2) is 11.2 Å². The van der Waals surface area contributed by atoms with Crippen molar-refractivity contribution in [2.24, 2.45) is 10.4 Å². The highest BCUT2D eigenvalue weighted by Crippen LogP contribution is 2.22. The lowest BCUT2D eigenvalue weighted by Gasteiger charge is -2.26. The molecule has 0 bridgehead atoms. The van der Waals surface area contributed by atoms with Gasteiger partial charge in [-0.15, -0.1) is 29.1 Å². The van der Waals surface area contributed by atoms with Crippen LogP contribution in [-0.2, 0) is 22.6 Å². The number of aliphatic imine (C=N–C) groups is 1. The molecule has 27 heavy (non-hydrogen) atoms. The summed E-state index contributed by atoms with van der Waals surface area (Å²) in [5.74, 6) is 0.406. The number of hydrogen-bond acceptors (Lipinski definition) is 5. The number of aromatic nitrogens is 3. The molecule has 0 aliphatic heterocycles. The van der Waals surface area contributed by atoms with E-state index in [4.69, 9.17) is 0 Å². The Hall–Kier alpha value is -1.39. The van der Waals surface area contributed by atoms with Crippen molar-refractivity contribution >= 4 is 35.9 Å². The van der Waals surface area contributed by atoms with Gasteiger partial charge < -0.3 is 15.4 Å². The molecule has 0 atom stereocenters. The third kappa shape index (κ3) is 11.1. The number of methoxy groups -OCH3 is 1. The summed E-state index contributed by atoms with van der Waals surface area (Å²) in [6.07, 6.45) is 6.67. The summed E-state index contributed by atoms with van der Waals surface area (Å²) in [6, 6.07) is 0. The zero-order valence-electron chi connectivity index (χ0n) is 17.2. The van der Waals surface area contributed by atoms with Crippen molar-refractivity contribution < 1.29 is 9.53 Å². The van der Waals surface area contributed by atoms with E-state index < -0.39 is 0 Å². The number of hydrogen-bond donors (Lipinski definition) is 2.